The maximum Gasteiger partial charge on any atom is 0.417 e. The molecule has 6 nitrogen and oxygen atoms in total. The summed E-state index contributed by atoms with van der Waals surface area (Å²) < 4.78 is 39.9. The number of rotatable bonds is 3. The van der Waals surface area contributed by atoms with Gasteiger partial charge in [-0.1, -0.05) is 11.6 Å². The first-order chi connectivity index (χ1) is 12.2. The zero-order valence-corrected chi connectivity index (χ0v) is 14.7. The largest absolute Gasteiger partial charge is 0.417 e. The van der Waals surface area contributed by atoms with Crippen molar-refractivity contribution in [3.05, 3.63) is 41.1 Å². The summed E-state index contributed by atoms with van der Waals surface area (Å²) in [6, 6.07) is 0.707. The Kier molecular flexibility index (Phi) is 5.08. The highest BCUT2D eigenvalue weighted by molar-refractivity contribution is 6.33. The van der Waals surface area contributed by atoms with Crippen molar-refractivity contribution >= 4 is 23.3 Å². The Hall–Kier alpha value is -2.29. The predicted molar refractivity (Wildman–Crippen MR) is 90.2 cm³/mol. The fraction of sp³-hybridized carbons (Fsp3) is 0.438. The van der Waals surface area contributed by atoms with E-state index >= 15 is 0 Å². The first-order valence-electron chi connectivity index (χ1n) is 8.00. The molecule has 1 aliphatic heterocycles. The number of imidazole rings is 1. The summed E-state index contributed by atoms with van der Waals surface area (Å²) in [4.78, 5) is 21.9. The van der Waals surface area contributed by atoms with Crippen LogP contribution in [0.4, 0.5) is 19.0 Å². The molecule has 1 amide bonds. The molecule has 2 aromatic heterocycles. The summed E-state index contributed by atoms with van der Waals surface area (Å²) in [7, 11) is 1.77. The number of aryl methyl sites for hydroxylation is 1. The van der Waals surface area contributed by atoms with Gasteiger partial charge in [0.05, 0.1) is 16.9 Å². The zero-order valence-electron chi connectivity index (χ0n) is 13.9. The highest BCUT2D eigenvalue weighted by Crippen LogP contribution is 2.34. The van der Waals surface area contributed by atoms with Crippen LogP contribution >= 0.6 is 11.6 Å². The number of alkyl halides is 3. The normalized spacial score (nSPS) is 18.0. The van der Waals surface area contributed by atoms with Gasteiger partial charge >= 0.3 is 6.18 Å². The van der Waals surface area contributed by atoms with E-state index in [-0.39, 0.29) is 22.8 Å². The van der Waals surface area contributed by atoms with Crippen molar-refractivity contribution in [2.24, 2.45) is 7.05 Å². The Morgan fingerprint density at radius 2 is 2.15 bits per heavy atom. The van der Waals surface area contributed by atoms with Gasteiger partial charge in [-0.2, -0.15) is 13.2 Å². The maximum atomic E-state index is 12.7. The number of carbonyl (C=O) groups is 1. The van der Waals surface area contributed by atoms with Crippen molar-refractivity contribution in [3.8, 4) is 0 Å². The minimum atomic E-state index is -4.49. The highest BCUT2D eigenvalue weighted by atomic mass is 35.5. The van der Waals surface area contributed by atoms with Gasteiger partial charge in [0.15, 0.2) is 0 Å². The van der Waals surface area contributed by atoms with Crippen molar-refractivity contribution in [2.45, 2.75) is 25.1 Å². The number of carbonyl (C=O) groups excluding carboxylic acids is 1. The molecule has 2 aromatic rings. The predicted octanol–water partition coefficient (Wildman–Crippen LogP) is 2.89. The molecule has 1 unspecified atom stereocenters. The molecule has 0 aliphatic carbocycles. The molecule has 0 radical (unpaired) electrons. The van der Waals surface area contributed by atoms with Crippen molar-refractivity contribution in [1.29, 1.82) is 0 Å². The van der Waals surface area contributed by atoms with Crippen LogP contribution in [0.15, 0.2) is 24.8 Å². The lowest BCUT2D eigenvalue weighted by Crippen LogP contribution is -2.48. The monoisotopic (exact) mass is 387 g/mol. The topological polar surface area (TPSA) is 63.1 Å². The number of hydrogen-bond donors (Lipinski definition) is 1. The molecule has 26 heavy (non-hydrogen) atoms. The summed E-state index contributed by atoms with van der Waals surface area (Å²) in [5, 5.41) is 2.84. The molecule has 10 heteroatoms. The van der Waals surface area contributed by atoms with Crippen molar-refractivity contribution in [2.75, 3.05) is 18.0 Å². The lowest BCUT2D eigenvalue weighted by atomic mass is 10.1. The van der Waals surface area contributed by atoms with Gasteiger partial charge in [0.1, 0.15) is 11.5 Å². The molecule has 0 spiro atoms. The van der Waals surface area contributed by atoms with E-state index in [1.165, 1.54) is 6.33 Å². The number of halogens is 4. The van der Waals surface area contributed by atoms with Crippen molar-refractivity contribution in [3.63, 3.8) is 0 Å². The van der Waals surface area contributed by atoms with Crippen molar-refractivity contribution < 1.29 is 18.0 Å². The third-order valence-corrected chi connectivity index (χ3v) is 4.42. The van der Waals surface area contributed by atoms with E-state index in [0.29, 0.717) is 18.8 Å². The molecular weight excluding hydrogens is 371 g/mol. The molecule has 1 saturated heterocycles. The first kappa shape index (κ1) is 18.5. The van der Waals surface area contributed by atoms with Crippen LogP contribution in [-0.2, 0) is 13.2 Å². The van der Waals surface area contributed by atoms with Gasteiger partial charge in [0, 0.05) is 38.6 Å². The SMILES string of the molecule is Cn1cnc(C(=O)NC2CCCN(c3ncc(C(F)(F)F)cc3Cl)C2)c1. The Morgan fingerprint density at radius 1 is 1.38 bits per heavy atom. The zero-order chi connectivity index (χ0) is 18.9. The molecule has 140 valence electrons. The molecule has 1 fully saturated rings. The molecule has 0 aromatic carbocycles. The smallest absolute Gasteiger partial charge is 0.353 e. The van der Waals surface area contributed by atoms with Crippen LogP contribution in [0.1, 0.15) is 28.9 Å². The van der Waals surface area contributed by atoms with E-state index in [4.69, 9.17) is 11.6 Å². The summed E-state index contributed by atoms with van der Waals surface area (Å²) in [5.74, 6) is 0.000349. The molecule has 1 atom stereocenters. The minimum Gasteiger partial charge on any atom is -0.353 e. The van der Waals surface area contributed by atoms with E-state index in [2.05, 4.69) is 15.3 Å². The highest BCUT2D eigenvalue weighted by Gasteiger charge is 2.32. The summed E-state index contributed by atoms with van der Waals surface area (Å²) in [5.41, 5.74) is -0.571. The molecular formula is C16H17ClF3N5O. The lowest BCUT2D eigenvalue weighted by Gasteiger charge is -2.34. The fourth-order valence-electron chi connectivity index (χ4n) is 2.90. The van der Waals surface area contributed by atoms with Crippen molar-refractivity contribution in [1.82, 2.24) is 19.9 Å². The fourth-order valence-corrected chi connectivity index (χ4v) is 3.18. The number of nitrogens with one attached hydrogen (secondary N) is 1. The number of pyridine rings is 1. The number of nitrogens with zero attached hydrogens (tertiary/aromatic N) is 4. The molecule has 3 heterocycles. The number of amides is 1. The summed E-state index contributed by atoms with van der Waals surface area (Å²) >= 11 is 6.02. The Morgan fingerprint density at radius 3 is 2.77 bits per heavy atom. The van der Waals surface area contributed by atoms with Gasteiger partial charge in [0.2, 0.25) is 0 Å². The van der Waals surface area contributed by atoms with Gasteiger partial charge in [-0.25, -0.2) is 9.97 Å². The Labute approximate surface area is 153 Å². The summed E-state index contributed by atoms with van der Waals surface area (Å²) in [6.45, 7) is 1.02. The van der Waals surface area contributed by atoms with Gasteiger partial charge in [-0.15, -0.1) is 0 Å². The van der Waals surface area contributed by atoms with Crippen LogP contribution in [-0.4, -0.2) is 39.6 Å². The molecule has 0 saturated carbocycles. The average molecular weight is 388 g/mol. The maximum absolute atomic E-state index is 12.7. The van der Waals surface area contributed by atoms with Crippen LogP contribution in [0, 0.1) is 0 Å². The van der Waals surface area contributed by atoms with E-state index in [1.807, 2.05) is 0 Å². The van der Waals surface area contributed by atoms with E-state index in [9.17, 15) is 18.0 Å². The molecule has 0 bridgehead atoms. The number of aromatic nitrogens is 3. The van der Waals surface area contributed by atoms with Crippen LogP contribution in [0.5, 0.6) is 0 Å². The Balaban J connectivity index is 1.69. The second kappa shape index (κ2) is 7.14. The third kappa shape index (κ3) is 4.09. The van der Waals surface area contributed by atoms with E-state index in [0.717, 1.165) is 25.1 Å². The van der Waals surface area contributed by atoms with Crippen LogP contribution in [0.2, 0.25) is 5.02 Å². The quantitative estimate of drug-likeness (QED) is 0.879. The van der Waals surface area contributed by atoms with Gasteiger partial charge in [-0.3, -0.25) is 4.79 Å². The van der Waals surface area contributed by atoms with Crippen LogP contribution < -0.4 is 10.2 Å². The van der Waals surface area contributed by atoms with Gasteiger partial charge in [0.25, 0.3) is 5.91 Å². The number of hydrogen-bond acceptors (Lipinski definition) is 4. The standard InChI is InChI=1S/C16H17ClF3N5O/c1-24-8-13(22-9-24)15(26)23-11-3-2-4-25(7-11)14-12(17)5-10(6-21-14)16(18,19)20/h5-6,8-9,11H,2-4,7H2,1H3,(H,23,26). The van der Waals surface area contributed by atoms with Crippen LogP contribution in [0.25, 0.3) is 0 Å². The van der Waals surface area contributed by atoms with Gasteiger partial charge in [-0.05, 0) is 18.9 Å². The lowest BCUT2D eigenvalue weighted by molar-refractivity contribution is -0.137. The molecule has 1 N–H and O–H groups in total. The molecule has 3 rings (SSSR count). The van der Waals surface area contributed by atoms with Crippen LogP contribution in [0.3, 0.4) is 0 Å². The summed E-state index contributed by atoms with van der Waals surface area (Å²) in [6.07, 6.45) is 0.950. The Bertz CT molecular complexity index is 807. The average Bonchev–Trinajstić information content (AvgIpc) is 3.01. The van der Waals surface area contributed by atoms with E-state index in [1.54, 1.807) is 22.7 Å². The first-order valence-corrected chi connectivity index (χ1v) is 8.38. The minimum absolute atomic E-state index is 0.0588. The number of piperidine rings is 1. The second-order valence-electron chi connectivity index (χ2n) is 6.21. The number of anilines is 1. The molecule has 1 aliphatic rings. The van der Waals surface area contributed by atoms with E-state index < -0.39 is 11.7 Å². The second-order valence-corrected chi connectivity index (χ2v) is 6.62. The van der Waals surface area contributed by atoms with Gasteiger partial charge < -0.3 is 14.8 Å². The third-order valence-electron chi connectivity index (χ3n) is 4.14.